The molecule has 0 spiro atoms. The molecule has 2 bridgehead atoms. The lowest BCUT2D eigenvalue weighted by atomic mass is 9.93. The van der Waals surface area contributed by atoms with E-state index in [9.17, 15) is 4.39 Å². The summed E-state index contributed by atoms with van der Waals surface area (Å²) in [6.07, 6.45) is 18.6. The van der Waals surface area contributed by atoms with Crippen molar-refractivity contribution in [2.24, 2.45) is 11.7 Å². The molecule has 1 aliphatic carbocycles. The average molecular weight is 375 g/mol. The van der Waals surface area contributed by atoms with Gasteiger partial charge in [0.15, 0.2) is 0 Å². The Labute approximate surface area is 165 Å². The highest BCUT2D eigenvalue weighted by Crippen LogP contribution is 2.33. The first-order valence-corrected chi connectivity index (χ1v) is 11.5. The van der Waals surface area contributed by atoms with Gasteiger partial charge in [-0.2, -0.15) is 0 Å². The first-order chi connectivity index (χ1) is 13.3. The highest BCUT2D eigenvalue weighted by Gasteiger charge is 2.25. The van der Waals surface area contributed by atoms with Gasteiger partial charge in [-0.05, 0) is 49.3 Å². The lowest BCUT2D eigenvalue weighted by Crippen LogP contribution is -2.36. The molecule has 1 heterocycles. The second kappa shape index (κ2) is 11.0. The SMILES string of the molecule is NCc1ccc(N2CCCCCCCCCCC3CCCC2CC3)c(F)c1. The van der Waals surface area contributed by atoms with Crippen molar-refractivity contribution in [2.75, 3.05) is 11.4 Å². The molecular formula is C24H39FN2. The van der Waals surface area contributed by atoms with Gasteiger partial charge in [-0.3, -0.25) is 0 Å². The van der Waals surface area contributed by atoms with Crippen LogP contribution >= 0.6 is 0 Å². The summed E-state index contributed by atoms with van der Waals surface area (Å²) in [6, 6.07) is 6.13. The fourth-order valence-electron chi connectivity index (χ4n) is 5.15. The Morgan fingerprint density at radius 3 is 2.26 bits per heavy atom. The van der Waals surface area contributed by atoms with Gasteiger partial charge >= 0.3 is 0 Å². The Balaban J connectivity index is 1.76. The van der Waals surface area contributed by atoms with E-state index in [4.69, 9.17) is 5.73 Å². The smallest absolute Gasteiger partial charge is 0.146 e. The zero-order chi connectivity index (χ0) is 18.9. The molecule has 3 rings (SSSR count). The van der Waals surface area contributed by atoms with E-state index >= 15 is 0 Å². The van der Waals surface area contributed by atoms with Gasteiger partial charge in [0, 0.05) is 19.1 Å². The topological polar surface area (TPSA) is 29.3 Å². The van der Waals surface area contributed by atoms with E-state index < -0.39 is 0 Å². The van der Waals surface area contributed by atoms with Crippen LogP contribution in [0.25, 0.3) is 0 Å². The van der Waals surface area contributed by atoms with Gasteiger partial charge < -0.3 is 10.6 Å². The Morgan fingerprint density at radius 1 is 0.815 bits per heavy atom. The second-order valence-electron chi connectivity index (χ2n) is 8.83. The summed E-state index contributed by atoms with van der Waals surface area (Å²) in [5.74, 6) is 0.808. The molecule has 1 saturated carbocycles. The van der Waals surface area contributed by atoms with E-state index in [1.54, 1.807) is 6.07 Å². The molecule has 2 unspecified atom stereocenters. The zero-order valence-corrected chi connectivity index (χ0v) is 17.1. The van der Waals surface area contributed by atoms with Crippen LogP contribution in [0.4, 0.5) is 10.1 Å². The summed E-state index contributed by atoms with van der Waals surface area (Å²) in [5, 5.41) is 0. The number of hydrogen-bond donors (Lipinski definition) is 1. The molecule has 1 aliphatic heterocycles. The van der Waals surface area contributed by atoms with E-state index in [1.165, 1.54) is 89.9 Å². The first kappa shape index (κ1) is 20.6. The predicted molar refractivity (Wildman–Crippen MR) is 114 cm³/mol. The number of anilines is 1. The Kier molecular flexibility index (Phi) is 8.44. The van der Waals surface area contributed by atoms with Gasteiger partial charge in [0.1, 0.15) is 5.82 Å². The number of halogens is 1. The Morgan fingerprint density at radius 2 is 1.52 bits per heavy atom. The first-order valence-electron chi connectivity index (χ1n) is 11.5. The number of rotatable bonds is 2. The van der Waals surface area contributed by atoms with Gasteiger partial charge in [0.25, 0.3) is 0 Å². The molecule has 1 saturated heterocycles. The lowest BCUT2D eigenvalue weighted by molar-refractivity contribution is 0.401. The van der Waals surface area contributed by atoms with Crippen LogP contribution in [0.3, 0.4) is 0 Å². The van der Waals surface area contributed by atoms with Crippen molar-refractivity contribution in [3.8, 4) is 0 Å². The van der Waals surface area contributed by atoms with E-state index in [0.29, 0.717) is 12.6 Å². The molecule has 2 fully saturated rings. The van der Waals surface area contributed by atoms with Crippen LogP contribution in [0.2, 0.25) is 0 Å². The van der Waals surface area contributed by atoms with Crippen molar-refractivity contribution in [1.29, 1.82) is 0 Å². The number of nitrogens with zero attached hydrogens (tertiary/aromatic N) is 1. The highest BCUT2D eigenvalue weighted by molar-refractivity contribution is 5.50. The summed E-state index contributed by atoms with van der Waals surface area (Å²) in [4.78, 5) is 2.41. The average Bonchev–Trinajstić information content (AvgIpc) is 2.92. The summed E-state index contributed by atoms with van der Waals surface area (Å²) in [6.45, 7) is 1.40. The van der Waals surface area contributed by atoms with E-state index in [1.807, 2.05) is 12.1 Å². The fourth-order valence-corrected chi connectivity index (χ4v) is 5.15. The van der Waals surface area contributed by atoms with Gasteiger partial charge in [-0.15, -0.1) is 0 Å². The van der Waals surface area contributed by atoms with Crippen LogP contribution in [0.1, 0.15) is 95.5 Å². The van der Waals surface area contributed by atoms with Crippen LogP contribution in [0.5, 0.6) is 0 Å². The van der Waals surface area contributed by atoms with Gasteiger partial charge in [-0.1, -0.05) is 70.3 Å². The zero-order valence-electron chi connectivity index (χ0n) is 17.1. The van der Waals surface area contributed by atoms with Crippen molar-refractivity contribution in [2.45, 2.75) is 102 Å². The molecule has 152 valence electrons. The minimum absolute atomic E-state index is 0.0864. The number of benzene rings is 1. The van der Waals surface area contributed by atoms with Crippen molar-refractivity contribution >= 4 is 5.69 Å². The molecule has 3 heteroatoms. The highest BCUT2D eigenvalue weighted by atomic mass is 19.1. The van der Waals surface area contributed by atoms with Crippen LogP contribution in [0.15, 0.2) is 18.2 Å². The summed E-state index contributed by atoms with van der Waals surface area (Å²) >= 11 is 0. The number of hydrogen-bond acceptors (Lipinski definition) is 2. The number of nitrogens with two attached hydrogens (primary N) is 1. The summed E-state index contributed by atoms with van der Waals surface area (Å²) in [5.41, 5.74) is 7.39. The van der Waals surface area contributed by atoms with Gasteiger partial charge in [0.2, 0.25) is 0 Å². The maximum Gasteiger partial charge on any atom is 0.146 e. The Bertz CT molecular complexity index is 559. The summed E-state index contributed by atoms with van der Waals surface area (Å²) in [7, 11) is 0. The second-order valence-corrected chi connectivity index (χ2v) is 8.83. The molecule has 0 amide bonds. The number of fused-ring (bicyclic) bond motifs is 3. The molecular weight excluding hydrogens is 335 g/mol. The predicted octanol–water partition coefficient (Wildman–Crippen LogP) is 6.56. The van der Waals surface area contributed by atoms with Crippen LogP contribution in [-0.2, 0) is 6.54 Å². The third-order valence-electron chi connectivity index (χ3n) is 6.82. The molecule has 1 aromatic carbocycles. The Hall–Kier alpha value is -1.09. The minimum Gasteiger partial charge on any atom is -0.366 e. The van der Waals surface area contributed by atoms with Crippen molar-refractivity contribution < 1.29 is 4.39 Å². The standard InChI is InChI=1S/C24H39FN2/c25-23-18-21(19-26)14-16-24(23)27-17-8-6-4-2-1-3-5-7-10-20-11-9-12-22(27)15-13-20/h14,16,18,20,22H,1-13,15,17,19,26H2. The molecule has 2 atom stereocenters. The maximum absolute atomic E-state index is 14.9. The maximum atomic E-state index is 14.9. The monoisotopic (exact) mass is 374 g/mol. The van der Waals surface area contributed by atoms with Gasteiger partial charge in [0.05, 0.1) is 5.69 Å². The van der Waals surface area contributed by atoms with E-state index in [2.05, 4.69) is 4.90 Å². The third-order valence-corrected chi connectivity index (χ3v) is 6.82. The molecule has 0 aromatic heterocycles. The van der Waals surface area contributed by atoms with E-state index in [-0.39, 0.29) is 5.82 Å². The van der Waals surface area contributed by atoms with Crippen molar-refractivity contribution in [1.82, 2.24) is 0 Å². The molecule has 2 nitrogen and oxygen atoms in total. The molecule has 2 aliphatic rings. The molecule has 1 aromatic rings. The van der Waals surface area contributed by atoms with E-state index in [0.717, 1.165) is 23.7 Å². The molecule has 0 radical (unpaired) electrons. The van der Waals surface area contributed by atoms with Crippen LogP contribution in [-0.4, -0.2) is 12.6 Å². The minimum atomic E-state index is -0.0864. The van der Waals surface area contributed by atoms with Gasteiger partial charge in [-0.25, -0.2) is 4.39 Å². The quantitative estimate of drug-likeness (QED) is 0.635. The largest absolute Gasteiger partial charge is 0.366 e. The normalized spacial score (nSPS) is 26.2. The molecule has 2 N–H and O–H groups in total. The van der Waals surface area contributed by atoms with Crippen LogP contribution in [0, 0.1) is 11.7 Å². The fraction of sp³-hybridized carbons (Fsp3) is 0.750. The third kappa shape index (κ3) is 6.20. The van der Waals surface area contributed by atoms with Crippen LogP contribution < -0.4 is 10.6 Å². The summed E-state index contributed by atoms with van der Waals surface area (Å²) < 4.78 is 14.9. The molecule has 27 heavy (non-hydrogen) atoms. The van der Waals surface area contributed by atoms with Crippen molar-refractivity contribution in [3.63, 3.8) is 0 Å². The van der Waals surface area contributed by atoms with Crippen molar-refractivity contribution in [3.05, 3.63) is 29.6 Å². The lowest BCUT2D eigenvalue weighted by Gasteiger charge is -2.34.